The fourth-order valence-electron chi connectivity index (χ4n) is 1.80. The van der Waals surface area contributed by atoms with Gasteiger partial charge in [0.15, 0.2) is 0 Å². The number of phenols is 2. The van der Waals surface area contributed by atoms with Crippen LogP contribution in [0.5, 0.6) is 11.5 Å². The second-order valence-corrected chi connectivity index (χ2v) is 7.10. The van der Waals surface area contributed by atoms with Crippen LogP contribution in [0.15, 0.2) is 46.2 Å². The Morgan fingerprint density at radius 3 is 1.22 bits per heavy atom. The summed E-state index contributed by atoms with van der Waals surface area (Å²) in [7, 11) is -9.36. The zero-order valence-electron chi connectivity index (χ0n) is 10.7. The van der Waals surface area contributed by atoms with E-state index >= 15 is 0 Å². The summed E-state index contributed by atoms with van der Waals surface area (Å²) in [5.74, 6) is -1.36. The van der Waals surface area contributed by atoms with E-state index < -0.39 is 41.5 Å². The van der Waals surface area contributed by atoms with Crippen molar-refractivity contribution < 1.29 is 36.2 Å². The van der Waals surface area contributed by atoms with Crippen molar-refractivity contribution >= 4 is 71.6 Å². The number of aromatic hydroxyl groups is 2. The van der Waals surface area contributed by atoms with E-state index in [-0.39, 0.29) is 62.5 Å². The van der Waals surface area contributed by atoms with E-state index in [0.717, 1.165) is 24.3 Å². The Morgan fingerprint density at radius 2 is 0.957 bits per heavy atom. The SMILES string of the molecule is O=S(=O)(O)c1cc(-c2ccc(O)c(S(=O)(=O)O)c2)ccc1O.[KH]. The molecule has 0 fully saturated rings. The van der Waals surface area contributed by atoms with Crippen LogP contribution in [0.4, 0.5) is 0 Å². The molecule has 0 aromatic heterocycles. The van der Waals surface area contributed by atoms with Crippen molar-refractivity contribution in [1.82, 2.24) is 0 Å². The first-order valence-electron chi connectivity index (χ1n) is 5.61. The standard InChI is InChI=1S/C12H10O8S2.K.H/c13-9-3-1-7(5-11(9)21(15,16)17)8-2-4-10(14)12(6-8)22(18,19)20;;/h1-6,13-14H,(H,15,16,17)(H,18,19,20);;. The topological polar surface area (TPSA) is 149 Å². The molecule has 11 heteroatoms. The average Bonchev–Trinajstić information content (AvgIpc) is 2.37. The van der Waals surface area contributed by atoms with E-state index in [1.165, 1.54) is 12.1 Å². The summed E-state index contributed by atoms with van der Waals surface area (Å²) in [5.41, 5.74) is 0.269. The fourth-order valence-corrected chi connectivity index (χ4v) is 3.02. The summed E-state index contributed by atoms with van der Waals surface area (Å²) in [4.78, 5) is -1.52. The van der Waals surface area contributed by atoms with Gasteiger partial charge in [0.2, 0.25) is 0 Å². The third kappa shape index (κ3) is 4.75. The molecule has 0 saturated heterocycles. The Labute approximate surface area is 174 Å². The first-order valence-corrected chi connectivity index (χ1v) is 8.49. The Balaban J connectivity index is 0.00000264. The number of rotatable bonds is 3. The molecule has 2 rings (SSSR count). The zero-order chi connectivity index (χ0) is 16.7. The summed E-state index contributed by atoms with van der Waals surface area (Å²) in [6, 6.07) is 6.38. The first-order chi connectivity index (χ1) is 10.00. The normalized spacial score (nSPS) is 11.7. The molecule has 120 valence electrons. The van der Waals surface area contributed by atoms with E-state index in [0.29, 0.717) is 0 Å². The van der Waals surface area contributed by atoms with Crippen molar-refractivity contribution in [2.45, 2.75) is 9.79 Å². The molecule has 23 heavy (non-hydrogen) atoms. The van der Waals surface area contributed by atoms with E-state index in [1.807, 2.05) is 0 Å². The van der Waals surface area contributed by atoms with Crippen molar-refractivity contribution in [3.8, 4) is 22.6 Å². The van der Waals surface area contributed by atoms with Gasteiger partial charge in [0.05, 0.1) is 0 Å². The molecule has 0 atom stereocenters. The van der Waals surface area contributed by atoms with Crippen LogP contribution in [-0.2, 0) is 20.2 Å². The second kappa shape index (κ2) is 7.17. The maximum absolute atomic E-state index is 11.1. The van der Waals surface area contributed by atoms with Gasteiger partial charge in [-0.15, -0.1) is 0 Å². The Morgan fingerprint density at radius 1 is 0.652 bits per heavy atom. The molecule has 0 amide bonds. The Kier molecular flexibility index (Phi) is 6.40. The van der Waals surface area contributed by atoms with Gasteiger partial charge in [-0.1, -0.05) is 12.1 Å². The van der Waals surface area contributed by atoms with E-state index in [2.05, 4.69) is 0 Å². The van der Waals surface area contributed by atoms with Crippen molar-refractivity contribution in [3.05, 3.63) is 36.4 Å². The van der Waals surface area contributed by atoms with Crippen LogP contribution in [0, 0.1) is 0 Å². The van der Waals surface area contributed by atoms with Crippen LogP contribution < -0.4 is 0 Å². The van der Waals surface area contributed by atoms with Crippen LogP contribution in [0.25, 0.3) is 11.1 Å². The summed E-state index contributed by atoms with van der Waals surface area (Å²) in [5, 5.41) is 18.9. The molecule has 0 saturated carbocycles. The van der Waals surface area contributed by atoms with Crippen molar-refractivity contribution in [2.75, 3.05) is 0 Å². The Bertz CT molecular complexity index is 872. The predicted octanol–water partition coefficient (Wildman–Crippen LogP) is 0.610. The zero-order valence-corrected chi connectivity index (χ0v) is 12.3. The molecule has 0 spiro atoms. The van der Waals surface area contributed by atoms with Gasteiger partial charge in [-0.25, -0.2) is 0 Å². The molecule has 4 N–H and O–H groups in total. The number of hydrogen-bond donors (Lipinski definition) is 4. The third-order valence-electron chi connectivity index (χ3n) is 2.81. The van der Waals surface area contributed by atoms with Gasteiger partial charge in [0.25, 0.3) is 20.2 Å². The van der Waals surface area contributed by atoms with Crippen LogP contribution >= 0.6 is 0 Å². The predicted molar refractivity (Wildman–Crippen MR) is 82.0 cm³/mol. The Hall–Kier alpha value is -0.504. The minimum absolute atomic E-state index is 0. The molecule has 2 aromatic rings. The maximum atomic E-state index is 11.1. The van der Waals surface area contributed by atoms with Gasteiger partial charge in [-0.2, -0.15) is 16.8 Å². The first kappa shape index (κ1) is 20.5. The van der Waals surface area contributed by atoms with E-state index in [9.17, 15) is 27.0 Å². The van der Waals surface area contributed by atoms with Gasteiger partial charge >= 0.3 is 51.4 Å². The summed E-state index contributed by atoms with van der Waals surface area (Å²) in [6.45, 7) is 0. The number of hydrogen-bond acceptors (Lipinski definition) is 6. The minimum atomic E-state index is -4.68. The fraction of sp³-hybridized carbons (Fsp3) is 0. The van der Waals surface area contributed by atoms with Crippen molar-refractivity contribution in [3.63, 3.8) is 0 Å². The summed E-state index contributed by atoms with van der Waals surface area (Å²) >= 11 is 0. The van der Waals surface area contributed by atoms with E-state index in [4.69, 9.17) is 9.11 Å². The van der Waals surface area contributed by atoms with Crippen LogP contribution in [0.1, 0.15) is 0 Å². The quantitative estimate of drug-likeness (QED) is 0.443. The van der Waals surface area contributed by atoms with Crippen LogP contribution in [-0.4, -0.2) is 87.5 Å². The number of phenolic OH excluding ortho intramolecular Hbond substituents is 2. The molecule has 0 aliphatic carbocycles. The molecule has 0 bridgehead atoms. The summed E-state index contributed by atoms with van der Waals surface area (Å²) < 4.78 is 62.6. The molecule has 2 aromatic carbocycles. The summed E-state index contributed by atoms with van der Waals surface area (Å²) in [6.07, 6.45) is 0. The molecular weight excluding hydrogens is 375 g/mol. The molecule has 8 nitrogen and oxygen atoms in total. The average molecular weight is 386 g/mol. The van der Waals surface area contributed by atoms with Crippen LogP contribution in [0.2, 0.25) is 0 Å². The van der Waals surface area contributed by atoms with Gasteiger partial charge < -0.3 is 10.2 Å². The van der Waals surface area contributed by atoms with Crippen molar-refractivity contribution in [1.29, 1.82) is 0 Å². The molecule has 0 heterocycles. The molecule has 0 aliphatic heterocycles. The molecule has 0 unspecified atom stereocenters. The molecule has 0 aliphatic rings. The van der Waals surface area contributed by atoms with Gasteiger partial charge in [-0.05, 0) is 35.4 Å². The number of benzene rings is 2. The van der Waals surface area contributed by atoms with E-state index in [1.54, 1.807) is 0 Å². The monoisotopic (exact) mass is 386 g/mol. The van der Waals surface area contributed by atoms with Gasteiger partial charge in [0, 0.05) is 0 Å². The third-order valence-corrected chi connectivity index (χ3v) is 4.57. The van der Waals surface area contributed by atoms with Crippen LogP contribution in [0.3, 0.4) is 0 Å². The van der Waals surface area contributed by atoms with Gasteiger partial charge in [-0.3, -0.25) is 9.11 Å². The second-order valence-electron chi connectivity index (χ2n) is 4.32. The molecular formula is C12H11KO8S2. The van der Waals surface area contributed by atoms with Crippen molar-refractivity contribution in [2.24, 2.45) is 0 Å². The molecule has 0 radical (unpaired) electrons. The van der Waals surface area contributed by atoms with Gasteiger partial charge in [0.1, 0.15) is 21.3 Å².